The zero-order valence-electron chi connectivity index (χ0n) is 26.4. The van der Waals surface area contributed by atoms with Crippen LogP contribution in [0.2, 0.25) is 0 Å². The highest BCUT2D eigenvalue weighted by Gasteiger charge is 2.18. The van der Waals surface area contributed by atoms with Crippen LogP contribution in [0.15, 0.2) is 142 Å². The number of anilines is 1. The van der Waals surface area contributed by atoms with Crippen molar-refractivity contribution in [2.45, 2.75) is 27.8 Å². The average molecular weight is 722 g/mol. The molecule has 0 bridgehead atoms. The minimum Gasteiger partial charge on any atom is -0.370 e. The maximum atomic E-state index is 11.7. The van der Waals surface area contributed by atoms with E-state index in [9.17, 15) is 38.9 Å². The van der Waals surface area contributed by atoms with Crippen LogP contribution in [0.25, 0.3) is 5.57 Å². The third kappa shape index (κ3) is 8.86. The van der Waals surface area contributed by atoms with E-state index in [2.05, 4.69) is 0 Å². The third-order valence-corrected chi connectivity index (χ3v) is 10.4. The van der Waals surface area contributed by atoms with Gasteiger partial charge in [-0.2, -0.15) is 25.3 Å². The Morgan fingerprint density at radius 3 is 1.59 bits per heavy atom. The van der Waals surface area contributed by atoms with E-state index in [0.717, 1.165) is 28.1 Å². The second-order valence-corrected chi connectivity index (χ2v) is 15.7. The van der Waals surface area contributed by atoms with E-state index in [1.807, 2.05) is 72.1 Å². The number of hydrogen-bond donors (Lipinski definition) is 3. The van der Waals surface area contributed by atoms with Crippen molar-refractivity contribution in [1.29, 1.82) is 0 Å². The molecule has 49 heavy (non-hydrogen) atoms. The number of hydrogen-bond acceptors (Lipinski definition) is 7. The standard InChI is InChI=1S/C35H32N2O9S3/c1-36(23-25-5-3-7-33(21-25)48(41,42)43)30-15-9-27(10-16-30)35(29-13-19-32(20-14-29)47(38,39)40)28-11-17-31(18-12-28)37(2)24-26-6-4-8-34(22-26)49(44,45)46/h3-22H,23-24H2,1-2H3,(H2-,38,39,40,41,42,43,44,45,46)/p+1. The van der Waals surface area contributed by atoms with Gasteiger partial charge in [-0.3, -0.25) is 13.7 Å². The highest BCUT2D eigenvalue weighted by molar-refractivity contribution is 7.86. The molecule has 254 valence electrons. The molecule has 0 unspecified atom stereocenters. The Morgan fingerprint density at radius 2 is 1.08 bits per heavy atom. The molecule has 0 aliphatic heterocycles. The first-order valence-electron chi connectivity index (χ1n) is 14.7. The largest absolute Gasteiger partial charge is 0.370 e. The van der Waals surface area contributed by atoms with Gasteiger partial charge >= 0.3 is 0 Å². The van der Waals surface area contributed by atoms with Crippen molar-refractivity contribution in [2.24, 2.45) is 0 Å². The molecule has 0 spiro atoms. The molecule has 3 N–H and O–H groups in total. The van der Waals surface area contributed by atoms with E-state index in [1.54, 1.807) is 36.4 Å². The lowest BCUT2D eigenvalue weighted by molar-refractivity contribution is -0.512. The zero-order valence-corrected chi connectivity index (χ0v) is 28.8. The van der Waals surface area contributed by atoms with E-state index in [0.29, 0.717) is 29.8 Å². The van der Waals surface area contributed by atoms with Crippen molar-refractivity contribution in [2.75, 3.05) is 19.0 Å². The first kappa shape index (κ1) is 35.6. The van der Waals surface area contributed by atoms with E-state index in [4.69, 9.17) is 0 Å². The van der Waals surface area contributed by atoms with Gasteiger partial charge in [0.1, 0.15) is 7.05 Å². The lowest BCUT2D eigenvalue weighted by Crippen LogP contribution is -2.16. The maximum Gasteiger partial charge on any atom is 0.294 e. The molecule has 5 rings (SSSR count). The van der Waals surface area contributed by atoms with E-state index >= 15 is 0 Å². The van der Waals surface area contributed by atoms with Crippen LogP contribution in [-0.4, -0.2) is 63.3 Å². The van der Waals surface area contributed by atoms with Crippen LogP contribution in [0, 0.1) is 0 Å². The topological polar surface area (TPSA) is 169 Å². The molecule has 0 aromatic heterocycles. The van der Waals surface area contributed by atoms with Crippen LogP contribution in [0.4, 0.5) is 5.69 Å². The second kappa shape index (κ2) is 14.0. The van der Waals surface area contributed by atoms with Crippen molar-refractivity contribution in [1.82, 2.24) is 0 Å². The predicted molar refractivity (Wildman–Crippen MR) is 187 cm³/mol. The fourth-order valence-electron chi connectivity index (χ4n) is 5.40. The smallest absolute Gasteiger partial charge is 0.294 e. The third-order valence-electron chi connectivity index (χ3n) is 7.87. The van der Waals surface area contributed by atoms with Crippen LogP contribution < -0.4 is 4.90 Å². The van der Waals surface area contributed by atoms with Crippen LogP contribution in [0.3, 0.4) is 0 Å². The summed E-state index contributed by atoms with van der Waals surface area (Å²) in [5, 5.41) is 0. The molecule has 4 aromatic carbocycles. The van der Waals surface area contributed by atoms with Gasteiger partial charge in [0.05, 0.1) is 14.7 Å². The van der Waals surface area contributed by atoms with Gasteiger partial charge in [0, 0.05) is 37.0 Å². The van der Waals surface area contributed by atoms with Gasteiger partial charge in [-0.05, 0) is 88.5 Å². The number of benzene rings is 4. The molecular formula is C35H33N2O9S3+. The molecule has 0 heterocycles. The summed E-state index contributed by atoms with van der Waals surface area (Å²) in [5.41, 5.74) is 6.13. The van der Waals surface area contributed by atoms with E-state index in [-0.39, 0.29) is 14.7 Å². The Bertz CT molecular complexity index is 2340. The molecule has 1 aliphatic rings. The van der Waals surface area contributed by atoms with Crippen LogP contribution in [-0.2, 0) is 43.4 Å². The normalized spacial score (nSPS) is 13.4. The summed E-state index contributed by atoms with van der Waals surface area (Å²) in [6.45, 7) is 0.733. The Balaban J connectivity index is 1.47. The predicted octanol–water partition coefficient (Wildman–Crippen LogP) is 5.27. The van der Waals surface area contributed by atoms with Crippen molar-refractivity contribution >= 4 is 47.3 Å². The molecule has 0 amide bonds. The maximum absolute atomic E-state index is 11.7. The van der Waals surface area contributed by atoms with Crippen molar-refractivity contribution in [3.05, 3.63) is 149 Å². The Hall–Kier alpha value is -4.70. The van der Waals surface area contributed by atoms with Crippen LogP contribution in [0.5, 0.6) is 0 Å². The monoisotopic (exact) mass is 721 g/mol. The van der Waals surface area contributed by atoms with Crippen molar-refractivity contribution in [3.63, 3.8) is 0 Å². The van der Waals surface area contributed by atoms with Crippen molar-refractivity contribution in [3.8, 4) is 0 Å². The molecule has 0 saturated heterocycles. The van der Waals surface area contributed by atoms with Gasteiger partial charge in [0.2, 0.25) is 0 Å². The molecule has 0 radical (unpaired) electrons. The quantitative estimate of drug-likeness (QED) is 0.145. The molecular weight excluding hydrogens is 689 g/mol. The van der Waals surface area contributed by atoms with E-state index < -0.39 is 30.4 Å². The molecule has 0 atom stereocenters. The lowest BCUT2D eigenvalue weighted by Gasteiger charge is -2.21. The zero-order chi connectivity index (χ0) is 35.6. The van der Waals surface area contributed by atoms with Crippen LogP contribution in [0.1, 0.15) is 22.3 Å². The Labute approximate surface area is 285 Å². The summed E-state index contributed by atoms with van der Waals surface area (Å²) >= 11 is 0. The summed E-state index contributed by atoms with van der Waals surface area (Å²) in [6.07, 6.45) is 7.62. The van der Waals surface area contributed by atoms with Crippen LogP contribution >= 0.6 is 0 Å². The molecule has 4 aromatic rings. The minimum absolute atomic E-state index is 0.184. The minimum atomic E-state index is -4.39. The SMILES string of the molecule is CN(Cc1cccc(S(=O)(=O)O)c1)c1ccc(C(=C2C=CC(=[N+](C)Cc3cccc(S(=O)(=O)O)c3)C=C2)c2ccc(S(=O)(=O)O)cc2)cc1. The first-order chi connectivity index (χ1) is 23.0. The van der Waals surface area contributed by atoms with E-state index in [1.165, 1.54) is 36.4 Å². The fourth-order valence-corrected chi connectivity index (χ4v) is 6.98. The molecule has 0 fully saturated rings. The van der Waals surface area contributed by atoms with Gasteiger partial charge in [0.25, 0.3) is 30.4 Å². The van der Waals surface area contributed by atoms with Gasteiger partial charge in [-0.1, -0.05) is 48.5 Å². The Kier molecular flexibility index (Phi) is 10.2. The number of allylic oxidation sites excluding steroid dienone is 5. The average Bonchev–Trinajstić information content (AvgIpc) is 3.05. The fraction of sp³-hybridized carbons (Fsp3) is 0.114. The molecule has 11 nitrogen and oxygen atoms in total. The Morgan fingerprint density at radius 1 is 0.612 bits per heavy atom. The first-order valence-corrected chi connectivity index (χ1v) is 19.0. The summed E-state index contributed by atoms with van der Waals surface area (Å²) in [7, 11) is -9.36. The summed E-state index contributed by atoms with van der Waals surface area (Å²) < 4.78 is 100.0. The number of nitrogens with zero attached hydrogens (tertiary/aromatic N) is 2. The second-order valence-electron chi connectivity index (χ2n) is 11.4. The molecule has 1 aliphatic carbocycles. The molecule has 0 saturated carbocycles. The summed E-state index contributed by atoms with van der Waals surface area (Å²) in [6, 6.07) is 25.6. The van der Waals surface area contributed by atoms with Gasteiger partial charge in [-0.25, -0.2) is 4.58 Å². The van der Waals surface area contributed by atoms with Gasteiger partial charge in [0.15, 0.2) is 12.3 Å². The lowest BCUT2D eigenvalue weighted by atomic mass is 9.90. The van der Waals surface area contributed by atoms with Gasteiger partial charge in [-0.15, -0.1) is 0 Å². The summed E-state index contributed by atoms with van der Waals surface area (Å²) in [5.74, 6) is 0. The summed E-state index contributed by atoms with van der Waals surface area (Å²) in [4.78, 5) is 1.32. The highest BCUT2D eigenvalue weighted by Crippen LogP contribution is 2.32. The molecule has 14 heteroatoms. The number of rotatable bonds is 10. The highest BCUT2D eigenvalue weighted by atomic mass is 32.2. The van der Waals surface area contributed by atoms with Crippen molar-refractivity contribution < 1.29 is 43.5 Å². The van der Waals surface area contributed by atoms with Gasteiger partial charge < -0.3 is 4.90 Å².